The number of benzene rings is 1. The summed E-state index contributed by atoms with van der Waals surface area (Å²) in [6.45, 7) is 5.54. The third-order valence-corrected chi connectivity index (χ3v) is 7.46. The molecule has 3 heterocycles. The Kier molecular flexibility index (Phi) is 7.08. The number of aryl methyl sites for hydroxylation is 1. The molecule has 0 bridgehead atoms. The van der Waals surface area contributed by atoms with Gasteiger partial charge in [-0.1, -0.05) is 18.2 Å². The first-order valence-corrected chi connectivity index (χ1v) is 12.5. The van der Waals surface area contributed by atoms with Crippen LogP contribution in [0, 0.1) is 5.41 Å². The number of carbonyl (C=O) groups excluding carboxylic acids is 1. The molecule has 1 aliphatic rings. The number of fused-ring (bicyclic) bond motifs is 3. The van der Waals surface area contributed by atoms with Crippen LogP contribution in [-0.4, -0.2) is 43.7 Å². The number of carboxylic acid groups (broad SMARTS) is 1. The Morgan fingerprint density at radius 1 is 1.15 bits per heavy atom. The van der Waals surface area contributed by atoms with Crippen molar-refractivity contribution in [1.82, 2.24) is 14.5 Å². The average Bonchev–Trinajstić information content (AvgIpc) is 3.12. The molecule has 1 N–H and O–H groups in total. The van der Waals surface area contributed by atoms with Crippen LogP contribution in [0.1, 0.15) is 44.4 Å². The standard InChI is InChI=1S/C26H31N3O3S/c1-26(2,25(31)32)13-6-11-23(30)28-15-12-20-21-10-7-14-27-24(21)29(22(20)18-28)16-17-33-19-8-4-3-5-9-19/h3-5,7-10,14H,6,11-13,15-18H2,1-2H3,(H,31,32). The summed E-state index contributed by atoms with van der Waals surface area (Å²) >= 11 is 1.82. The molecule has 0 unspecified atom stereocenters. The van der Waals surface area contributed by atoms with Crippen molar-refractivity contribution < 1.29 is 14.7 Å². The normalized spacial score (nSPS) is 13.8. The number of nitrogens with zero attached hydrogens (tertiary/aromatic N) is 3. The molecule has 174 valence electrons. The van der Waals surface area contributed by atoms with Crippen LogP contribution >= 0.6 is 11.8 Å². The highest BCUT2D eigenvalue weighted by atomic mass is 32.2. The van der Waals surface area contributed by atoms with Crippen molar-refractivity contribution in [1.29, 1.82) is 0 Å². The Labute approximate surface area is 199 Å². The molecule has 0 saturated carbocycles. The van der Waals surface area contributed by atoms with E-state index >= 15 is 0 Å². The van der Waals surface area contributed by atoms with Crippen LogP contribution in [0.15, 0.2) is 53.6 Å². The van der Waals surface area contributed by atoms with E-state index in [0.717, 1.165) is 24.4 Å². The maximum atomic E-state index is 12.9. The minimum absolute atomic E-state index is 0.102. The SMILES string of the molecule is CC(C)(CCCC(=O)N1CCc2c(n(CCSc3ccccc3)c3ncccc23)C1)C(=O)O. The Morgan fingerprint density at radius 2 is 1.94 bits per heavy atom. The molecule has 33 heavy (non-hydrogen) atoms. The monoisotopic (exact) mass is 465 g/mol. The number of amides is 1. The third kappa shape index (κ3) is 5.24. The van der Waals surface area contributed by atoms with Gasteiger partial charge in [-0.3, -0.25) is 9.59 Å². The maximum Gasteiger partial charge on any atom is 0.309 e. The lowest BCUT2D eigenvalue weighted by atomic mass is 9.87. The molecule has 3 aromatic rings. The quantitative estimate of drug-likeness (QED) is 0.451. The fraction of sp³-hybridized carbons (Fsp3) is 0.423. The maximum absolute atomic E-state index is 12.9. The summed E-state index contributed by atoms with van der Waals surface area (Å²) in [5.41, 5.74) is 2.68. The summed E-state index contributed by atoms with van der Waals surface area (Å²) in [7, 11) is 0. The van der Waals surface area contributed by atoms with Crippen molar-refractivity contribution in [3.8, 4) is 0 Å². The lowest BCUT2D eigenvalue weighted by Gasteiger charge is -2.29. The Balaban J connectivity index is 1.46. The van der Waals surface area contributed by atoms with E-state index in [9.17, 15) is 14.7 Å². The van der Waals surface area contributed by atoms with Crippen molar-refractivity contribution in [3.05, 3.63) is 59.9 Å². The van der Waals surface area contributed by atoms with Gasteiger partial charge in [0.05, 0.1) is 12.0 Å². The topological polar surface area (TPSA) is 75.4 Å². The molecular weight excluding hydrogens is 434 g/mol. The number of rotatable bonds is 9. The predicted molar refractivity (Wildman–Crippen MR) is 131 cm³/mol. The first-order valence-electron chi connectivity index (χ1n) is 11.5. The van der Waals surface area contributed by atoms with Crippen molar-refractivity contribution in [2.24, 2.45) is 5.41 Å². The van der Waals surface area contributed by atoms with E-state index in [1.54, 1.807) is 13.8 Å². The number of aliphatic carboxylic acids is 1. The molecule has 4 rings (SSSR count). The van der Waals surface area contributed by atoms with Crippen LogP contribution in [-0.2, 0) is 29.1 Å². The zero-order valence-corrected chi connectivity index (χ0v) is 20.1. The zero-order chi connectivity index (χ0) is 23.4. The molecule has 7 heteroatoms. The van der Waals surface area contributed by atoms with Gasteiger partial charge >= 0.3 is 5.97 Å². The summed E-state index contributed by atoms with van der Waals surface area (Å²) < 4.78 is 2.29. The number of hydrogen-bond donors (Lipinski definition) is 1. The minimum Gasteiger partial charge on any atom is -0.481 e. The highest BCUT2D eigenvalue weighted by Crippen LogP contribution is 2.31. The van der Waals surface area contributed by atoms with Crippen molar-refractivity contribution >= 4 is 34.7 Å². The Bertz CT molecular complexity index is 1140. The summed E-state index contributed by atoms with van der Waals surface area (Å²) in [6, 6.07) is 14.5. The van der Waals surface area contributed by atoms with E-state index in [1.807, 2.05) is 35.0 Å². The van der Waals surface area contributed by atoms with Gasteiger partial charge in [-0.2, -0.15) is 0 Å². The summed E-state index contributed by atoms with van der Waals surface area (Å²) in [6.07, 6.45) is 4.12. The van der Waals surface area contributed by atoms with Gasteiger partial charge in [0, 0.05) is 47.4 Å². The van der Waals surface area contributed by atoms with Gasteiger partial charge in [0.15, 0.2) is 0 Å². The third-order valence-electron chi connectivity index (χ3n) is 6.46. The fourth-order valence-electron chi connectivity index (χ4n) is 4.43. The number of thioether (sulfide) groups is 1. The van der Waals surface area contributed by atoms with Crippen molar-refractivity contribution in [2.45, 2.75) is 57.5 Å². The highest BCUT2D eigenvalue weighted by Gasteiger charge is 2.29. The Morgan fingerprint density at radius 3 is 2.70 bits per heavy atom. The van der Waals surface area contributed by atoms with Crippen LogP contribution < -0.4 is 0 Å². The second-order valence-electron chi connectivity index (χ2n) is 9.22. The van der Waals surface area contributed by atoms with E-state index < -0.39 is 11.4 Å². The number of carboxylic acids is 1. The van der Waals surface area contributed by atoms with E-state index in [0.29, 0.717) is 32.4 Å². The molecule has 0 fully saturated rings. The number of carbonyl (C=O) groups is 2. The smallest absolute Gasteiger partial charge is 0.309 e. The van der Waals surface area contributed by atoms with Gasteiger partial charge in [-0.05, 0) is 62.9 Å². The van der Waals surface area contributed by atoms with Crippen LogP contribution in [0.3, 0.4) is 0 Å². The molecule has 1 aliphatic heterocycles. The van der Waals surface area contributed by atoms with Crippen LogP contribution in [0.2, 0.25) is 0 Å². The van der Waals surface area contributed by atoms with Crippen LogP contribution in [0.25, 0.3) is 11.0 Å². The second-order valence-corrected chi connectivity index (χ2v) is 10.4. The fourth-order valence-corrected chi connectivity index (χ4v) is 5.29. The number of hydrogen-bond acceptors (Lipinski definition) is 4. The molecule has 6 nitrogen and oxygen atoms in total. The van der Waals surface area contributed by atoms with Gasteiger partial charge in [-0.25, -0.2) is 4.98 Å². The summed E-state index contributed by atoms with van der Waals surface area (Å²) in [5, 5.41) is 10.5. The molecule has 0 saturated heterocycles. The van der Waals surface area contributed by atoms with Gasteiger partial charge in [0.1, 0.15) is 5.65 Å². The summed E-state index contributed by atoms with van der Waals surface area (Å²) in [5.74, 6) is 0.211. The number of pyridine rings is 1. The van der Waals surface area contributed by atoms with E-state index in [2.05, 4.69) is 39.9 Å². The summed E-state index contributed by atoms with van der Waals surface area (Å²) in [4.78, 5) is 32.1. The lowest BCUT2D eigenvalue weighted by Crippen LogP contribution is -2.36. The molecule has 1 aromatic carbocycles. The Hall–Kier alpha value is -2.80. The second kappa shape index (κ2) is 10.00. The minimum atomic E-state index is -0.817. The zero-order valence-electron chi connectivity index (χ0n) is 19.3. The molecule has 0 aliphatic carbocycles. The van der Waals surface area contributed by atoms with Crippen LogP contribution in [0.5, 0.6) is 0 Å². The number of aromatic nitrogens is 2. The van der Waals surface area contributed by atoms with Gasteiger partial charge < -0.3 is 14.6 Å². The predicted octanol–water partition coefficient (Wildman–Crippen LogP) is 4.99. The molecule has 0 radical (unpaired) electrons. The first kappa shape index (κ1) is 23.4. The molecule has 0 atom stereocenters. The lowest BCUT2D eigenvalue weighted by molar-refractivity contribution is -0.147. The highest BCUT2D eigenvalue weighted by molar-refractivity contribution is 7.99. The van der Waals surface area contributed by atoms with Gasteiger partial charge in [0.25, 0.3) is 0 Å². The van der Waals surface area contributed by atoms with Gasteiger partial charge in [-0.15, -0.1) is 11.8 Å². The molecule has 2 aromatic heterocycles. The van der Waals surface area contributed by atoms with Crippen molar-refractivity contribution in [2.75, 3.05) is 12.3 Å². The van der Waals surface area contributed by atoms with Crippen LogP contribution in [0.4, 0.5) is 0 Å². The molecular formula is C26H31N3O3S. The largest absolute Gasteiger partial charge is 0.481 e. The first-order chi connectivity index (χ1) is 15.9. The van der Waals surface area contributed by atoms with Gasteiger partial charge in [0.2, 0.25) is 5.91 Å². The van der Waals surface area contributed by atoms with E-state index in [4.69, 9.17) is 0 Å². The van der Waals surface area contributed by atoms with Crippen molar-refractivity contribution in [3.63, 3.8) is 0 Å². The van der Waals surface area contributed by atoms with E-state index in [1.165, 1.54) is 21.5 Å². The molecule has 1 amide bonds. The average molecular weight is 466 g/mol. The van der Waals surface area contributed by atoms with E-state index in [-0.39, 0.29) is 5.91 Å². The molecule has 0 spiro atoms.